The summed E-state index contributed by atoms with van der Waals surface area (Å²) in [5.41, 5.74) is 2.66. The van der Waals surface area contributed by atoms with Gasteiger partial charge in [0.1, 0.15) is 5.58 Å². The lowest BCUT2D eigenvalue weighted by Gasteiger charge is -2.05. The van der Waals surface area contributed by atoms with Gasteiger partial charge >= 0.3 is 11.6 Å². The Morgan fingerprint density at radius 1 is 0.844 bits per heavy atom. The van der Waals surface area contributed by atoms with Gasteiger partial charge in [0, 0.05) is 17.9 Å². The fourth-order valence-electron chi connectivity index (χ4n) is 4.13. The summed E-state index contributed by atoms with van der Waals surface area (Å²) >= 11 is 0. The van der Waals surface area contributed by atoms with Crippen molar-refractivity contribution in [3.05, 3.63) is 58.0 Å². The number of fused-ring (bicyclic) bond motifs is 1. The van der Waals surface area contributed by atoms with Gasteiger partial charge in [-0.3, -0.25) is 4.79 Å². The van der Waals surface area contributed by atoms with Crippen LogP contribution in [0.3, 0.4) is 0 Å². The first-order valence-electron chi connectivity index (χ1n) is 12.5. The van der Waals surface area contributed by atoms with Crippen LogP contribution in [0.1, 0.15) is 101 Å². The zero-order chi connectivity index (χ0) is 23.0. The molecule has 0 amide bonds. The van der Waals surface area contributed by atoms with Crippen LogP contribution < -0.4 is 5.63 Å². The van der Waals surface area contributed by atoms with Gasteiger partial charge in [0.25, 0.3) is 0 Å². The predicted molar refractivity (Wildman–Crippen MR) is 132 cm³/mol. The van der Waals surface area contributed by atoms with Gasteiger partial charge < -0.3 is 9.52 Å². The molecule has 0 aliphatic carbocycles. The van der Waals surface area contributed by atoms with E-state index in [-0.39, 0.29) is 5.63 Å². The fourth-order valence-corrected chi connectivity index (χ4v) is 4.13. The second-order valence-electron chi connectivity index (χ2n) is 8.91. The van der Waals surface area contributed by atoms with E-state index in [1.165, 1.54) is 63.4 Å². The zero-order valence-corrected chi connectivity index (χ0v) is 19.7. The minimum atomic E-state index is -0.679. The molecule has 0 bridgehead atoms. The van der Waals surface area contributed by atoms with Crippen LogP contribution in [0.2, 0.25) is 0 Å². The highest BCUT2D eigenvalue weighted by atomic mass is 16.4. The molecular formula is C28H40O4. The number of hydrogen-bond donors (Lipinski definition) is 1. The lowest BCUT2D eigenvalue weighted by molar-refractivity contribution is -0.137. The Morgan fingerprint density at radius 2 is 1.44 bits per heavy atom. The van der Waals surface area contributed by atoms with E-state index in [9.17, 15) is 9.59 Å². The van der Waals surface area contributed by atoms with E-state index in [0.717, 1.165) is 43.1 Å². The Morgan fingerprint density at radius 3 is 2.09 bits per heavy atom. The summed E-state index contributed by atoms with van der Waals surface area (Å²) in [6.45, 7) is 1.95. The Labute approximate surface area is 192 Å². The molecule has 0 aliphatic heterocycles. The Bertz CT molecular complexity index is 894. The fraction of sp³-hybridized carbons (Fsp3) is 0.571. The van der Waals surface area contributed by atoms with Crippen molar-refractivity contribution in [2.45, 2.75) is 103 Å². The van der Waals surface area contributed by atoms with Crippen LogP contribution in [-0.2, 0) is 11.2 Å². The molecule has 0 fully saturated rings. The quantitative estimate of drug-likeness (QED) is 0.155. The summed E-state index contributed by atoms with van der Waals surface area (Å²) in [5.74, 6) is -0.679. The second-order valence-corrected chi connectivity index (χ2v) is 8.91. The number of aryl methyl sites for hydroxylation is 2. The number of aliphatic carboxylic acids is 1. The van der Waals surface area contributed by atoms with Crippen molar-refractivity contribution in [1.29, 1.82) is 0 Å². The lowest BCUT2D eigenvalue weighted by Crippen LogP contribution is -1.98. The van der Waals surface area contributed by atoms with Crippen LogP contribution in [0.4, 0.5) is 0 Å². The number of unbranched alkanes of at least 4 members (excludes halogenated alkanes) is 11. The van der Waals surface area contributed by atoms with Crippen molar-refractivity contribution in [2.24, 2.45) is 0 Å². The molecule has 0 aliphatic rings. The van der Waals surface area contributed by atoms with Crippen LogP contribution in [0.5, 0.6) is 0 Å². The molecule has 2 rings (SSSR count). The van der Waals surface area contributed by atoms with Gasteiger partial charge in [-0.05, 0) is 69.1 Å². The van der Waals surface area contributed by atoms with Crippen molar-refractivity contribution < 1.29 is 14.3 Å². The average Bonchev–Trinajstić information content (AvgIpc) is 2.75. The van der Waals surface area contributed by atoms with Crippen molar-refractivity contribution in [1.82, 2.24) is 0 Å². The number of benzene rings is 1. The lowest BCUT2D eigenvalue weighted by atomic mass is 10.0. The molecule has 0 spiro atoms. The number of hydrogen-bond acceptors (Lipinski definition) is 3. The Kier molecular flexibility index (Phi) is 12.5. The van der Waals surface area contributed by atoms with E-state index >= 15 is 0 Å². The third-order valence-electron chi connectivity index (χ3n) is 6.03. The topological polar surface area (TPSA) is 67.5 Å². The van der Waals surface area contributed by atoms with Gasteiger partial charge in [-0.15, -0.1) is 0 Å². The maximum absolute atomic E-state index is 11.6. The first kappa shape index (κ1) is 25.9. The monoisotopic (exact) mass is 440 g/mol. The van der Waals surface area contributed by atoms with Crippen molar-refractivity contribution in [3.63, 3.8) is 0 Å². The number of carboxylic acid groups (broad SMARTS) is 1. The Balaban J connectivity index is 1.43. The maximum Gasteiger partial charge on any atom is 0.336 e. The molecule has 4 nitrogen and oxygen atoms in total. The molecule has 0 atom stereocenters. The molecular weight excluding hydrogens is 400 g/mol. The standard InChI is InChI=1S/C28H40O4/c1-23-21-28(31)32-26-22-24(19-20-25(23)26)17-15-13-11-9-7-5-3-2-4-6-8-10-12-14-16-18-27(29)30/h2,4,19-22H,3,5-18H2,1H3,(H,29,30)/b4-2-. The molecule has 4 heteroatoms. The molecule has 176 valence electrons. The molecule has 1 N–H and O–H groups in total. The summed E-state index contributed by atoms with van der Waals surface area (Å²) in [5, 5.41) is 9.62. The van der Waals surface area contributed by atoms with Crippen LogP contribution in [0.25, 0.3) is 11.0 Å². The molecule has 2 aromatic rings. The predicted octanol–water partition coefficient (Wildman–Crippen LogP) is 7.75. The third kappa shape index (κ3) is 10.8. The van der Waals surface area contributed by atoms with E-state index in [0.29, 0.717) is 12.0 Å². The van der Waals surface area contributed by atoms with E-state index in [1.54, 1.807) is 6.07 Å². The SMILES string of the molecule is Cc1cc(=O)oc2cc(CCCCCCCC/C=C\CCCCCCCC(=O)O)ccc12. The number of carbonyl (C=O) groups is 1. The van der Waals surface area contributed by atoms with Gasteiger partial charge in [-0.1, -0.05) is 69.2 Å². The van der Waals surface area contributed by atoms with E-state index in [1.807, 2.05) is 13.0 Å². The highest BCUT2D eigenvalue weighted by Gasteiger charge is 2.03. The maximum atomic E-state index is 11.6. The molecule has 0 saturated carbocycles. The van der Waals surface area contributed by atoms with E-state index < -0.39 is 5.97 Å². The first-order chi connectivity index (χ1) is 15.6. The van der Waals surface area contributed by atoms with Gasteiger partial charge in [-0.2, -0.15) is 0 Å². The highest BCUT2D eigenvalue weighted by Crippen LogP contribution is 2.19. The summed E-state index contributed by atoms with van der Waals surface area (Å²) < 4.78 is 5.34. The van der Waals surface area contributed by atoms with Crippen molar-refractivity contribution >= 4 is 16.9 Å². The van der Waals surface area contributed by atoms with E-state index in [2.05, 4.69) is 24.3 Å². The van der Waals surface area contributed by atoms with Crippen LogP contribution in [-0.4, -0.2) is 11.1 Å². The van der Waals surface area contributed by atoms with Gasteiger partial charge in [0.15, 0.2) is 0 Å². The average molecular weight is 441 g/mol. The highest BCUT2D eigenvalue weighted by molar-refractivity contribution is 5.80. The molecule has 1 heterocycles. The largest absolute Gasteiger partial charge is 0.481 e. The molecule has 0 radical (unpaired) electrons. The van der Waals surface area contributed by atoms with E-state index in [4.69, 9.17) is 9.52 Å². The molecule has 1 aromatic carbocycles. The summed E-state index contributed by atoms with van der Waals surface area (Å²) in [4.78, 5) is 22.0. The molecule has 0 saturated heterocycles. The molecule has 0 unspecified atom stereocenters. The number of carboxylic acids is 1. The van der Waals surface area contributed by atoms with Gasteiger partial charge in [-0.25, -0.2) is 4.79 Å². The smallest absolute Gasteiger partial charge is 0.336 e. The molecule has 32 heavy (non-hydrogen) atoms. The first-order valence-corrected chi connectivity index (χ1v) is 12.5. The number of allylic oxidation sites excluding steroid dienone is 2. The summed E-state index contributed by atoms with van der Waals surface area (Å²) in [7, 11) is 0. The Hall–Kier alpha value is -2.36. The van der Waals surface area contributed by atoms with Crippen molar-refractivity contribution in [3.8, 4) is 0 Å². The third-order valence-corrected chi connectivity index (χ3v) is 6.03. The summed E-state index contributed by atoms with van der Waals surface area (Å²) in [6, 6.07) is 7.79. The van der Waals surface area contributed by atoms with Crippen LogP contribution >= 0.6 is 0 Å². The minimum Gasteiger partial charge on any atom is -0.481 e. The summed E-state index contributed by atoms with van der Waals surface area (Å²) in [6.07, 6.45) is 21.3. The number of rotatable bonds is 17. The van der Waals surface area contributed by atoms with Crippen LogP contribution in [0, 0.1) is 6.92 Å². The van der Waals surface area contributed by atoms with Crippen molar-refractivity contribution in [2.75, 3.05) is 0 Å². The van der Waals surface area contributed by atoms with Gasteiger partial charge in [0.2, 0.25) is 0 Å². The van der Waals surface area contributed by atoms with Crippen LogP contribution in [0.15, 0.2) is 45.6 Å². The zero-order valence-electron chi connectivity index (χ0n) is 19.7. The van der Waals surface area contributed by atoms with Gasteiger partial charge in [0.05, 0.1) is 0 Å². The molecule has 1 aromatic heterocycles. The minimum absolute atomic E-state index is 0.271. The normalized spacial score (nSPS) is 11.5. The second kappa shape index (κ2) is 15.4.